The largest absolute Gasteiger partial charge is 0.488 e. The molecule has 4 N–H and O–H groups in total. The number of hydrogen-bond donors (Lipinski definition) is 3. The number of nitrogens with two attached hydrogens (primary N) is 1. The molecule has 0 spiro atoms. The van der Waals surface area contributed by atoms with Crippen LogP contribution in [0, 0.1) is 5.92 Å². The van der Waals surface area contributed by atoms with Gasteiger partial charge in [-0.15, -0.1) is 0 Å². The average Bonchev–Trinajstić information content (AvgIpc) is 3.10. The molecule has 2 aromatic carbocycles. The third-order valence-corrected chi connectivity index (χ3v) is 5.03. The van der Waals surface area contributed by atoms with Crippen molar-refractivity contribution in [1.29, 1.82) is 0 Å². The van der Waals surface area contributed by atoms with Gasteiger partial charge in [0, 0.05) is 16.2 Å². The predicted octanol–water partition coefficient (Wildman–Crippen LogP) is 2.77. The molecule has 0 aliphatic carbocycles. The van der Waals surface area contributed by atoms with Gasteiger partial charge in [-0.25, -0.2) is 4.68 Å². The number of nitrogens with zero attached hydrogens (tertiary/aromatic N) is 2. The fourth-order valence-corrected chi connectivity index (χ4v) is 3.18. The lowest BCUT2D eigenvalue weighted by Gasteiger charge is -2.09. The molecular formula is C20H24BN3O2S. The predicted molar refractivity (Wildman–Crippen MR) is 112 cm³/mol. The summed E-state index contributed by atoms with van der Waals surface area (Å²) in [6.45, 7) is 4.43. The van der Waals surface area contributed by atoms with Crippen LogP contribution in [-0.2, 0) is 6.42 Å². The summed E-state index contributed by atoms with van der Waals surface area (Å²) in [7, 11) is -1.46. The van der Waals surface area contributed by atoms with E-state index in [4.69, 9.17) is 10.2 Å². The second-order valence-electron chi connectivity index (χ2n) is 6.97. The smallest absolute Gasteiger partial charge is 0.423 e. The second-order valence-corrected chi connectivity index (χ2v) is 7.68. The van der Waals surface area contributed by atoms with Gasteiger partial charge in [-0.3, -0.25) is 5.14 Å². The molecule has 0 unspecified atom stereocenters. The van der Waals surface area contributed by atoms with E-state index in [1.807, 2.05) is 41.1 Å². The van der Waals surface area contributed by atoms with E-state index in [9.17, 15) is 10.0 Å². The van der Waals surface area contributed by atoms with Gasteiger partial charge in [0.1, 0.15) is 0 Å². The van der Waals surface area contributed by atoms with E-state index in [1.54, 1.807) is 12.1 Å². The van der Waals surface area contributed by atoms with Crippen LogP contribution in [0.4, 0.5) is 0 Å². The topological polar surface area (TPSA) is 84.3 Å². The van der Waals surface area contributed by atoms with Gasteiger partial charge in [-0.1, -0.05) is 38.1 Å². The molecule has 0 bridgehead atoms. The van der Waals surface area contributed by atoms with Crippen LogP contribution in [0.3, 0.4) is 0 Å². The second kappa shape index (κ2) is 8.76. The first kappa shape index (κ1) is 19.7. The summed E-state index contributed by atoms with van der Waals surface area (Å²) in [4.78, 5) is 1.01. The van der Waals surface area contributed by atoms with Crippen molar-refractivity contribution in [2.24, 2.45) is 11.1 Å². The standard InChI is InChI=1S/C20H24BN3O2S/c1-14(2)3-8-18-13-20(15-4-6-16(7-5-15)21(25)26)23-24(18)17-9-11-19(27-22)12-10-17/h4-7,9-14,25-26H,3,8,22H2,1-2H3. The van der Waals surface area contributed by atoms with Crippen LogP contribution in [0.25, 0.3) is 16.9 Å². The van der Waals surface area contributed by atoms with Crippen molar-refractivity contribution in [3.8, 4) is 16.9 Å². The molecule has 0 saturated carbocycles. The van der Waals surface area contributed by atoms with E-state index < -0.39 is 7.12 Å². The van der Waals surface area contributed by atoms with E-state index in [0.29, 0.717) is 11.4 Å². The third kappa shape index (κ3) is 4.81. The zero-order valence-electron chi connectivity index (χ0n) is 15.5. The fourth-order valence-electron chi connectivity index (χ4n) is 2.89. The Morgan fingerprint density at radius 3 is 2.30 bits per heavy atom. The van der Waals surface area contributed by atoms with Crippen molar-refractivity contribution in [2.45, 2.75) is 31.6 Å². The normalized spacial score (nSPS) is 11.2. The van der Waals surface area contributed by atoms with Gasteiger partial charge < -0.3 is 10.0 Å². The Bertz CT molecular complexity index is 877. The molecule has 0 saturated heterocycles. The Morgan fingerprint density at radius 2 is 1.74 bits per heavy atom. The number of aromatic nitrogens is 2. The number of aryl methyl sites for hydroxylation is 1. The van der Waals surface area contributed by atoms with Crippen LogP contribution in [0.5, 0.6) is 0 Å². The van der Waals surface area contributed by atoms with Gasteiger partial charge in [0.15, 0.2) is 0 Å². The van der Waals surface area contributed by atoms with E-state index in [0.717, 1.165) is 40.4 Å². The Labute approximate surface area is 164 Å². The first-order valence-electron chi connectivity index (χ1n) is 9.00. The summed E-state index contributed by atoms with van der Waals surface area (Å²) in [6, 6.07) is 17.3. The Kier molecular flexibility index (Phi) is 6.39. The lowest BCUT2D eigenvalue weighted by atomic mass is 9.80. The highest BCUT2D eigenvalue weighted by Gasteiger charge is 2.14. The number of benzene rings is 2. The lowest BCUT2D eigenvalue weighted by Crippen LogP contribution is -2.29. The molecule has 0 fully saturated rings. The summed E-state index contributed by atoms with van der Waals surface area (Å²) in [6.07, 6.45) is 2.02. The number of rotatable bonds is 7. The molecule has 27 heavy (non-hydrogen) atoms. The molecule has 7 heteroatoms. The number of hydrogen-bond acceptors (Lipinski definition) is 5. The van der Waals surface area contributed by atoms with Crippen molar-refractivity contribution in [2.75, 3.05) is 0 Å². The molecule has 0 radical (unpaired) electrons. The monoisotopic (exact) mass is 381 g/mol. The molecule has 0 amide bonds. The molecule has 3 aromatic rings. The highest BCUT2D eigenvalue weighted by molar-refractivity contribution is 7.97. The van der Waals surface area contributed by atoms with Crippen molar-refractivity contribution >= 4 is 24.5 Å². The highest BCUT2D eigenvalue weighted by Crippen LogP contribution is 2.24. The zero-order valence-corrected chi connectivity index (χ0v) is 16.4. The summed E-state index contributed by atoms with van der Waals surface area (Å²) in [5.74, 6) is 0.609. The Morgan fingerprint density at radius 1 is 1.07 bits per heavy atom. The maximum Gasteiger partial charge on any atom is 0.488 e. The van der Waals surface area contributed by atoms with E-state index in [2.05, 4.69) is 19.9 Å². The van der Waals surface area contributed by atoms with Gasteiger partial charge in [0.05, 0.1) is 11.4 Å². The quantitative estimate of drug-likeness (QED) is 0.433. The van der Waals surface area contributed by atoms with Gasteiger partial charge in [0.2, 0.25) is 0 Å². The fraction of sp³-hybridized carbons (Fsp3) is 0.250. The Balaban J connectivity index is 1.97. The van der Waals surface area contributed by atoms with E-state index in [-0.39, 0.29) is 0 Å². The first-order chi connectivity index (χ1) is 13.0. The molecular weight excluding hydrogens is 357 g/mol. The molecule has 1 heterocycles. The van der Waals surface area contributed by atoms with Gasteiger partial charge in [-0.2, -0.15) is 5.10 Å². The average molecular weight is 381 g/mol. The third-order valence-electron chi connectivity index (χ3n) is 4.48. The molecule has 5 nitrogen and oxygen atoms in total. The summed E-state index contributed by atoms with van der Waals surface area (Å²) >= 11 is 1.23. The van der Waals surface area contributed by atoms with E-state index >= 15 is 0 Å². The maximum absolute atomic E-state index is 9.27. The molecule has 1 aromatic heterocycles. The minimum Gasteiger partial charge on any atom is -0.423 e. The van der Waals surface area contributed by atoms with Crippen molar-refractivity contribution in [3.63, 3.8) is 0 Å². The van der Waals surface area contributed by atoms with Crippen LogP contribution < -0.4 is 10.6 Å². The van der Waals surface area contributed by atoms with Gasteiger partial charge in [-0.05, 0) is 66.5 Å². The summed E-state index contributed by atoms with van der Waals surface area (Å²) in [5, 5.41) is 29.0. The molecule has 0 atom stereocenters. The molecule has 0 aliphatic rings. The minimum atomic E-state index is -1.46. The SMILES string of the molecule is CC(C)CCc1cc(-c2ccc(B(O)O)cc2)nn1-c1ccc(SN)cc1. The minimum absolute atomic E-state index is 0.466. The van der Waals surface area contributed by atoms with Crippen molar-refractivity contribution in [1.82, 2.24) is 9.78 Å². The first-order valence-corrected chi connectivity index (χ1v) is 9.88. The molecule has 0 aliphatic heterocycles. The van der Waals surface area contributed by atoms with Crippen LogP contribution >= 0.6 is 11.9 Å². The van der Waals surface area contributed by atoms with Crippen LogP contribution in [-0.4, -0.2) is 26.9 Å². The van der Waals surface area contributed by atoms with Gasteiger partial charge in [0.25, 0.3) is 0 Å². The van der Waals surface area contributed by atoms with Crippen LogP contribution in [0.1, 0.15) is 26.0 Å². The van der Waals surface area contributed by atoms with Gasteiger partial charge >= 0.3 is 7.12 Å². The van der Waals surface area contributed by atoms with Crippen molar-refractivity contribution < 1.29 is 10.0 Å². The van der Waals surface area contributed by atoms with Crippen LogP contribution in [0.2, 0.25) is 0 Å². The lowest BCUT2D eigenvalue weighted by molar-refractivity contribution is 0.426. The zero-order chi connectivity index (χ0) is 19.4. The van der Waals surface area contributed by atoms with Crippen LogP contribution in [0.15, 0.2) is 59.5 Å². The summed E-state index contributed by atoms with van der Waals surface area (Å²) < 4.78 is 1.98. The van der Waals surface area contributed by atoms with E-state index in [1.165, 1.54) is 11.9 Å². The maximum atomic E-state index is 9.27. The molecule has 3 rings (SSSR count). The Hall–Kier alpha value is -2.06. The summed E-state index contributed by atoms with van der Waals surface area (Å²) in [5.41, 5.74) is 4.43. The highest BCUT2D eigenvalue weighted by atomic mass is 32.2. The molecule has 140 valence electrons. The van der Waals surface area contributed by atoms with Crippen molar-refractivity contribution in [3.05, 3.63) is 60.3 Å².